The van der Waals surface area contributed by atoms with Gasteiger partial charge in [-0.15, -0.1) is 0 Å². The molecule has 0 saturated carbocycles. The summed E-state index contributed by atoms with van der Waals surface area (Å²) in [6, 6.07) is 13.8. The predicted octanol–water partition coefficient (Wildman–Crippen LogP) is 3.00. The van der Waals surface area contributed by atoms with E-state index in [2.05, 4.69) is 6.92 Å². The van der Waals surface area contributed by atoms with Crippen molar-refractivity contribution in [3.63, 3.8) is 0 Å². The van der Waals surface area contributed by atoms with Crippen molar-refractivity contribution < 1.29 is 0 Å². The van der Waals surface area contributed by atoms with Gasteiger partial charge in [-0.3, -0.25) is 4.79 Å². The molecule has 1 heterocycles. The van der Waals surface area contributed by atoms with Crippen LogP contribution in [0.5, 0.6) is 0 Å². The molecule has 2 nitrogen and oxygen atoms in total. The molecule has 0 bridgehead atoms. The Hall–Kier alpha value is -1.83. The van der Waals surface area contributed by atoms with Gasteiger partial charge in [0.2, 0.25) is 0 Å². The van der Waals surface area contributed by atoms with Crippen molar-refractivity contribution in [3.8, 4) is 11.1 Å². The number of aryl methyl sites for hydroxylation is 1. The minimum atomic E-state index is 0.0853. The zero-order valence-corrected chi connectivity index (χ0v) is 10.3. The highest BCUT2D eigenvalue weighted by Gasteiger charge is 2.06. The third-order valence-corrected chi connectivity index (χ3v) is 3.00. The van der Waals surface area contributed by atoms with Gasteiger partial charge in [-0.05, 0) is 24.1 Å². The Kier molecular flexibility index (Phi) is 3.43. The first-order valence-electron chi connectivity index (χ1n) is 5.98. The number of hydrogen-bond donors (Lipinski definition) is 0. The number of hydrogen-bond acceptors (Lipinski definition) is 1. The van der Waals surface area contributed by atoms with Crippen molar-refractivity contribution in [2.24, 2.45) is 7.05 Å². The quantitative estimate of drug-likeness (QED) is 0.790. The van der Waals surface area contributed by atoms with E-state index in [-0.39, 0.29) is 5.56 Å². The number of rotatable bonds is 3. The highest BCUT2D eigenvalue weighted by Crippen LogP contribution is 2.15. The summed E-state index contributed by atoms with van der Waals surface area (Å²) in [5, 5.41) is 0. The second-order valence-corrected chi connectivity index (χ2v) is 4.22. The van der Waals surface area contributed by atoms with Crippen LogP contribution in [0.2, 0.25) is 0 Å². The molecule has 17 heavy (non-hydrogen) atoms. The fraction of sp³-hybridized carbons (Fsp3) is 0.267. The molecule has 0 saturated heterocycles. The molecule has 0 radical (unpaired) electrons. The van der Waals surface area contributed by atoms with Crippen LogP contribution in [0.3, 0.4) is 0 Å². The van der Waals surface area contributed by atoms with E-state index in [4.69, 9.17) is 0 Å². The van der Waals surface area contributed by atoms with Crippen LogP contribution in [0.4, 0.5) is 0 Å². The molecule has 2 rings (SSSR count). The van der Waals surface area contributed by atoms with E-state index in [0.29, 0.717) is 0 Å². The minimum Gasteiger partial charge on any atom is -0.315 e. The van der Waals surface area contributed by atoms with Crippen molar-refractivity contribution in [3.05, 3.63) is 58.5 Å². The second kappa shape index (κ2) is 5.00. The summed E-state index contributed by atoms with van der Waals surface area (Å²) in [5.41, 5.74) is 2.93. The first-order valence-corrected chi connectivity index (χ1v) is 5.98. The maximum absolute atomic E-state index is 12.2. The summed E-state index contributed by atoms with van der Waals surface area (Å²) >= 11 is 0. The summed E-state index contributed by atoms with van der Waals surface area (Å²) in [5.74, 6) is 0. The molecule has 0 aliphatic rings. The van der Waals surface area contributed by atoms with Crippen LogP contribution in [-0.2, 0) is 13.5 Å². The smallest absolute Gasteiger partial charge is 0.258 e. The van der Waals surface area contributed by atoms with E-state index in [1.54, 1.807) is 4.57 Å². The largest absolute Gasteiger partial charge is 0.315 e. The average Bonchev–Trinajstić information content (AvgIpc) is 2.36. The van der Waals surface area contributed by atoms with Crippen LogP contribution in [-0.4, -0.2) is 4.57 Å². The molecule has 0 amide bonds. The lowest BCUT2D eigenvalue weighted by Gasteiger charge is -2.09. The van der Waals surface area contributed by atoms with Crippen LogP contribution in [0.15, 0.2) is 47.3 Å². The zero-order chi connectivity index (χ0) is 12.3. The highest BCUT2D eigenvalue weighted by molar-refractivity contribution is 5.62. The molecule has 1 aromatic carbocycles. The molecule has 0 aliphatic carbocycles. The van der Waals surface area contributed by atoms with Gasteiger partial charge in [0.05, 0.1) is 0 Å². The normalized spacial score (nSPS) is 10.5. The molecule has 2 heteroatoms. The monoisotopic (exact) mass is 227 g/mol. The molecular formula is C15H17NO. The standard InChI is InChI=1S/C15H17NO/c1-3-7-13-10-11-14(15(17)16(13)2)12-8-5-4-6-9-12/h4-6,8-11H,3,7H2,1-2H3. The summed E-state index contributed by atoms with van der Waals surface area (Å²) < 4.78 is 1.76. The molecule has 0 atom stereocenters. The molecule has 0 aliphatic heterocycles. The third-order valence-electron chi connectivity index (χ3n) is 3.00. The number of aromatic nitrogens is 1. The Balaban J connectivity index is 2.52. The Morgan fingerprint density at radius 3 is 2.41 bits per heavy atom. The Labute approximate surface area is 102 Å². The fourth-order valence-electron chi connectivity index (χ4n) is 2.02. The summed E-state index contributed by atoms with van der Waals surface area (Å²) in [4.78, 5) is 12.2. The summed E-state index contributed by atoms with van der Waals surface area (Å²) in [6.07, 6.45) is 2.00. The van der Waals surface area contributed by atoms with E-state index in [1.807, 2.05) is 49.5 Å². The lowest BCUT2D eigenvalue weighted by Crippen LogP contribution is -2.21. The summed E-state index contributed by atoms with van der Waals surface area (Å²) in [6.45, 7) is 2.12. The van der Waals surface area contributed by atoms with Crippen molar-refractivity contribution in [2.45, 2.75) is 19.8 Å². The molecular weight excluding hydrogens is 210 g/mol. The molecule has 0 N–H and O–H groups in total. The van der Waals surface area contributed by atoms with Gasteiger partial charge in [-0.25, -0.2) is 0 Å². The van der Waals surface area contributed by atoms with Crippen LogP contribution < -0.4 is 5.56 Å². The van der Waals surface area contributed by atoms with Crippen LogP contribution in [0.1, 0.15) is 19.0 Å². The lowest BCUT2D eigenvalue weighted by atomic mass is 10.1. The molecule has 0 spiro atoms. The first-order chi connectivity index (χ1) is 8.24. The van der Waals surface area contributed by atoms with Crippen LogP contribution in [0, 0.1) is 0 Å². The van der Waals surface area contributed by atoms with E-state index >= 15 is 0 Å². The van der Waals surface area contributed by atoms with Crippen molar-refractivity contribution in [1.82, 2.24) is 4.57 Å². The van der Waals surface area contributed by atoms with Gasteiger partial charge in [0.1, 0.15) is 0 Å². The lowest BCUT2D eigenvalue weighted by molar-refractivity contribution is 0.748. The molecule has 0 unspecified atom stereocenters. The maximum Gasteiger partial charge on any atom is 0.258 e. The highest BCUT2D eigenvalue weighted by atomic mass is 16.1. The molecule has 0 fully saturated rings. The van der Waals surface area contributed by atoms with Gasteiger partial charge < -0.3 is 4.57 Å². The number of pyridine rings is 1. The summed E-state index contributed by atoms with van der Waals surface area (Å²) in [7, 11) is 1.85. The van der Waals surface area contributed by atoms with E-state index in [1.165, 1.54) is 0 Å². The van der Waals surface area contributed by atoms with E-state index < -0.39 is 0 Å². The Morgan fingerprint density at radius 2 is 1.76 bits per heavy atom. The van der Waals surface area contributed by atoms with Crippen LogP contribution >= 0.6 is 0 Å². The molecule has 2 aromatic rings. The van der Waals surface area contributed by atoms with Crippen molar-refractivity contribution in [2.75, 3.05) is 0 Å². The van der Waals surface area contributed by atoms with Gasteiger partial charge in [0.25, 0.3) is 5.56 Å². The average molecular weight is 227 g/mol. The van der Waals surface area contributed by atoms with E-state index in [0.717, 1.165) is 29.7 Å². The molecule has 1 aromatic heterocycles. The topological polar surface area (TPSA) is 22.0 Å². The van der Waals surface area contributed by atoms with E-state index in [9.17, 15) is 4.79 Å². The Morgan fingerprint density at radius 1 is 1.06 bits per heavy atom. The Bertz CT molecular complexity index is 555. The first kappa shape index (κ1) is 11.6. The zero-order valence-electron chi connectivity index (χ0n) is 10.3. The van der Waals surface area contributed by atoms with Gasteiger partial charge in [-0.1, -0.05) is 43.7 Å². The third kappa shape index (κ3) is 2.31. The van der Waals surface area contributed by atoms with Crippen LogP contribution in [0.25, 0.3) is 11.1 Å². The SMILES string of the molecule is CCCc1ccc(-c2ccccc2)c(=O)n1C. The maximum atomic E-state index is 12.2. The molecule has 88 valence electrons. The minimum absolute atomic E-state index is 0.0853. The number of benzene rings is 1. The van der Waals surface area contributed by atoms with Crippen molar-refractivity contribution in [1.29, 1.82) is 0 Å². The predicted molar refractivity (Wildman–Crippen MR) is 71.1 cm³/mol. The van der Waals surface area contributed by atoms with Gasteiger partial charge in [0.15, 0.2) is 0 Å². The van der Waals surface area contributed by atoms with Gasteiger partial charge in [0, 0.05) is 18.3 Å². The second-order valence-electron chi connectivity index (χ2n) is 4.22. The van der Waals surface area contributed by atoms with Gasteiger partial charge in [-0.2, -0.15) is 0 Å². The fourth-order valence-corrected chi connectivity index (χ4v) is 2.02. The van der Waals surface area contributed by atoms with Crippen molar-refractivity contribution >= 4 is 0 Å². The number of nitrogens with zero attached hydrogens (tertiary/aromatic N) is 1. The van der Waals surface area contributed by atoms with Gasteiger partial charge >= 0.3 is 0 Å².